The van der Waals surface area contributed by atoms with E-state index < -0.39 is 0 Å². The maximum Gasteiger partial charge on any atom is 0.216 e. The van der Waals surface area contributed by atoms with E-state index in [1.807, 2.05) is 0 Å². The van der Waals surface area contributed by atoms with E-state index >= 15 is 0 Å². The summed E-state index contributed by atoms with van der Waals surface area (Å²) in [6, 6.07) is 0. The second kappa shape index (κ2) is 6.79. The fraction of sp³-hybridized carbons (Fsp3) is 0.900. The van der Waals surface area contributed by atoms with Gasteiger partial charge in [0.2, 0.25) is 5.91 Å². The number of amides is 1. The molecule has 1 amide bonds. The number of carbonyl (C=O) groups excluding carboxylic acids is 1. The molecule has 4 nitrogen and oxygen atoms in total. The summed E-state index contributed by atoms with van der Waals surface area (Å²) >= 11 is 0. The van der Waals surface area contributed by atoms with E-state index in [0.29, 0.717) is 6.54 Å². The van der Waals surface area contributed by atoms with Gasteiger partial charge in [0.05, 0.1) is 6.61 Å². The number of rotatable bonds is 8. The number of hydrogen-bond donors (Lipinski definition) is 2. The van der Waals surface area contributed by atoms with Crippen LogP contribution in [0.2, 0.25) is 0 Å². The van der Waals surface area contributed by atoms with Crippen molar-refractivity contribution in [2.24, 2.45) is 5.92 Å². The fourth-order valence-corrected chi connectivity index (χ4v) is 1.13. The Morgan fingerprint density at radius 2 is 2.14 bits per heavy atom. The van der Waals surface area contributed by atoms with Crippen LogP contribution in [-0.2, 0) is 9.53 Å². The third kappa shape index (κ3) is 6.86. The van der Waals surface area contributed by atoms with Gasteiger partial charge in [0.1, 0.15) is 0 Å². The zero-order valence-electron chi connectivity index (χ0n) is 8.84. The van der Waals surface area contributed by atoms with Crippen molar-refractivity contribution in [3.05, 3.63) is 0 Å². The molecule has 1 rings (SSSR count). The van der Waals surface area contributed by atoms with E-state index in [2.05, 4.69) is 10.6 Å². The van der Waals surface area contributed by atoms with Gasteiger partial charge in [-0.1, -0.05) is 0 Å². The standard InChI is InChI=1S/C10H20N2O2/c1-9(13)12-5-4-11-6-7-14-8-10-2-3-10/h10-11H,2-8H2,1H3,(H,12,13). The Balaban J connectivity index is 1.68. The first-order valence-corrected chi connectivity index (χ1v) is 5.32. The van der Waals surface area contributed by atoms with E-state index in [9.17, 15) is 4.79 Å². The van der Waals surface area contributed by atoms with Gasteiger partial charge in [0, 0.05) is 33.2 Å². The van der Waals surface area contributed by atoms with Crippen LogP contribution in [0.15, 0.2) is 0 Å². The smallest absolute Gasteiger partial charge is 0.216 e. The summed E-state index contributed by atoms with van der Waals surface area (Å²) in [4.78, 5) is 10.5. The van der Waals surface area contributed by atoms with E-state index in [1.54, 1.807) is 0 Å². The van der Waals surface area contributed by atoms with E-state index in [-0.39, 0.29) is 5.91 Å². The van der Waals surface area contributed by atoms with Crippen molar-refractivity contribution in [1.29, 1.82) is 0 Å². The Morgan fingerprint density at radius 1 is 1.36 bits per heavy atom. The van der Waals surface area contributed by atoms with Crippen molar-refractivity contribution >= 4 is 5.91 Å². The van der Waals surface area contributed by atoms with E-state index in [1.165, 1.54) is 19.8 Å². The first-order chi connectivity index (χ1) is 6.79. The van der Waals surface area contributed by atoms with Gasteiger partial charge in [-0.3, -0.25) is 4.79 Å². The number of hydrogen-bond acceptors (Lipinski definition) is 3. The second-order valence-electron chi connectivity index (χ2n) is 3.75. The molecule has 0 aliphatic heterocycles. The Morgan fingerprint density at radius 3 is 2.79 bits per heavy atom. The molecule has 4 heteroatoms. The Kier molecular flexibility index (Phi) is 5.56. The number of carbonyl (C=O) groups is 1. The van der Waals surface area contributed by atoms with Crippen molar-refractivity contribution in [2.45, 2.75) is 19.8 Å². The molecular weight excluding hydrogens is 180 g/mol. The molecule has 0 bridgehead atoms. The summed E-state index contributed by atoms with van der Waals surface area (Å²) in [6.07, 6.45) is 2.69. The second-order valence-corrected chi connectivity index (χ2v) is 3.75. The van der Waals surface area contributed by atoms with Gasteiger partial charge >= 0.3 is 0 Å². The summed E-state index contributed by atoms with van der Waals surface area (Å²) in [5, 5.41) is 5.92. The van der Waals surface area contributed by atoms with Crippen molar-refractivity contribution < 1.29 is 9.53 Å². The van der Waals surface area contributed by atoms with Crippen molar-refractivity contribution in [2.75, 3.05) is 32.8 Å². The zero-order valence-corrected chi connectivity index (χ0v) is 8.84. The van der Waals surface area contributed by atoms with Crippen LogP contribution in [-0.4, -0.2) is 38.8 Å². The lowest BCUT2D eigenvalue weighted by atomic mass is 10.5. The number of nitrogens with one attached hydrogen (secondary N) is 2. The molecule has 0 unspecified atom stereocenters. The molecule has 0 aromatic heterocycles. The summed E-state index contributed by atoms with van der Waals surface area (Å²) < 4.78 is 5.44. The van der Waals surface area contributed by atoms with Gasteiger partial charge in [-0.25, -0.2) is 0 Å². The summed E-state index contributed by atoms with van der Waals surface area (Å²) in [6.45, 7) is 5.60. The van der Waals surface area contributed by atoms with Crippen LogP contribution in [0.25, 0.3) is 0 Å². The van der Waals surface area contributed by atoms with Crippen LogP contribution < -0.4 is 10.6 Å². The summed E-state index contributed by atoms with van der Waals surface area (Å²) in [5.41, 5.74) is 0. The lowest BCUT2D eigenvalue weighted by Gasteiger charge is -2.05. The van der Waals surface area contributed by atoms with Crippen LogP contribution in [0.5, 0.6) is 0 Å². The monoisotopic (exact) mass is 200 g/mol. The lowest BCUT2D eigenvalue weighted by Crippen LogP contribution is -2.31. The third-order valence-corrected chi connectivity index (χ3v) is 2.15. The van der Waals surface area contributed by atoms with Crippen molar-refractivity contribution in [1.82, 2.24) is 10.6 Å². The average Bonchev–Trinajstić information content (AvgIpc) is 2.92. The van der Waals surface area contributed by atoms with Crippen LogP contribution in [0.4, 0.5) is 0 Å². The van der Waals surface area contributed by atoms with E-state index in [4.69, 9.17) is 4.74 Å². The molecule has 0 heterocycles. The van der Waals surface area contributed by atoms with Crippen LogP contribution in [0, 0.1) is 5.92 Å². The molecule has 0 aromatic rings. The third-order valence-electron chi connectivity index (χ3n) is 2.15. The lowest BCUT2D eigenvalue weighted by molar-refractivity contribution is -0.118. The number of ether oxygens (including phenoxy) is 1. The molecule has 1 aliphatic carbocycles. The predicted octanol–water partition coefficient (Wildman–Crippen LogP) is 0.139. The topological polar surface area (TPSA) is 50.4 Å². The van der Waals surface area contributed by atoms with Crippen LogP contribution in [0.3, 0.4) is 0 Å². The molecule has 2 N–H and O–H groups in total. The first-order valence-electron chi connectivity index (χ1n) is 5.32. The van der Waals surface area contributed by atoms with Crippen molar-refractivity contribution in [3.63, 3.8) is 0 Å². The molecule has 1 saturated carbocycles. The van der Waals surface area contributed by atoms with Gasteiger partial charge in [-0.2, -0.15) is 0 Å². The zero-order chi connectivity index (χ0) is 10.2. The van der Waals surface area contributed by atoms with Gasteiger partial charge in [-0.05, 0) is 18.8 Å². The molecule has 0 saturated heterocycles. The van der Waals surface area contributed by atoms with Gasteiger partial charge in [0.25, 0.3) is 0 Å². The Hall–Kier alpha value is -0.610. The van der Waals surface area contributed by atoms with E-state index in [0.717, 1.165) is 32.2 Å². The highest BCUT2D eigenvalue weighted by Crippen LogP contribution is 2.28. The maximum atomic E-state index is 10.5. The van der Waals surface area contributed by atoms with Gasteiger partial charge in [-0.15, -0.1) is 0 Å². The molecule has 82 valence electrons. The minimum Gasteiger partial charge on any atom is -0.380 e. The Bertz CT molecular complexity index is 170. The van der Waals surface area contributed by atoms with Crippen LogP contribution in [0.1, 0.15) is 19.8 Å². The highest BCUT2D eigenvalue weighted by molar-refractivity contribution is 5.72. The molecule has 0 atom stereocenters. The molecule has 14 heavy (non-hydrogen) atoms. The molecular formula is C10H20N2O2. The normalized spacial score (nSPS) is 15.5. The molecule has 1 fully saturated rings. The average molecular weight is 200 g/mol. The SMILES string of the molecule is CC(=O)NCCNCCOCC1CC1. The molecule has 0 spiro atoms. The van der Waals surface area contributed by atoms with Gasteiger partial charge < -0.3 is 15.4 Å². The van der Waals surface area contributed by atoms with Crippen LogP contribution >= 0.6 is 0 Å². The fourth-order valence-electron chi connectivity index (χ4n) is 1.13. The molecule has 1 aliphatic rings. The summed E-state index contributed by atoms with van der Waals surface area (Å²) in [7, 11) is 0. The maximum absolute atomic E-state index is 10.5. The largest absolute Gasteiger partial charge is 0.380 e. The highest BCUT2D eigenvalue weighted by Gasteiger charge is 2.20. The van der Waals surface area contributed by atoms with Gasteiger partial charge in [0.15, 0.2) is 0 Å². The minimum absolute atomic E-state index is 0.0248. The molecule has 0 aromatic carbocycles. The molecule has 0 radical (unpaired) electrons. The Labute approximate surface area is 85.4 Å². The minimum atomic E-state index is 0.0248. The predicted molar refractivity (Wildman–Crippen MR) is 55.1 cm³/mol. The first kappa shape index (κ1) is 11.5. The van der Waals surface area contributed by atoms with Crippen molar-refractivity contribution in [3.8, 4) is 0 Å². The summed E-state index contributed by atoms with van der Waals surface area (Å²) in [5.74, 6) is 0.867. The quantitative estimate of drug-likeness (QED) is 0.548. The highest BCUT2D eigenvalue weighted by atomic mass is 16.5.